The molecule has 1 saturated carbocycles. The minimum Gasteiger partial charge on any atom is -0.451 e. The van der Waals surface area contributed by atoms with Crippen molar-refractivity contribution in [2.75, 3.05) is 6.61 Å². The molecule has 1 aromatic heterocycles. The lowest BCUT2D eigenvalue weighted by molar-refractivity contribution is -0.123. The number of carbonyl (C=O) groups is 3. The van der Waals surface area contributed by atoms with Gasteiger partial charge in [-0.1, -0.05) is 20.8 Å². The zero-order chi connectivity index (χ0) is 18.9. The number of amides is 3. The van der Waals surface area contributed by atoms with Crippen molar-refractivity contribution in [3.8, 4) is 0 Å². The third kappa shape index (κ3) is 4.84. The standard InChI is InChI=1S/C19H26N2O4S/c1-19(2,3)12-4-7-14-11(8-12)9-15(26-14)17(23)25-10-16(22)21-18(24)20-13-5-6-13/h9,12-13H,4-8,10H2,1-3H3,(H2,20,21,22,24)/t12-/m0/s1. The van der Waals surface area contributed by atoms with Gasteiger partial charge in [0.2, 0.25) is 0 Å². The molecule has 0 spiro atoms. The van der Waals surface area contributed by atoms with Crippen molar-refractivity contribution in [1.29, 1.82) is 0 Å². The number of fused-ring (bicyclic) bond motifs is 1. The Morgan fingerprint density at radius 2 is 1.96 bits per heavy atom. The summed E-state index contributed by atoms with van der Waals surface area (Å²) in [4.78, 5) is 37.2. The average Bonchev–Trinajstić information content (AvgIpc) is 3.25. The molecule has 1 aromatic rings. The van der Waals surface area contributed by atoms with E-state index in [1.165, 1.54) is 21.8 Å². The molecular weight excluding hydrogens is 352 g/mol. The van der Waals surface area contributed by atoms with Crippen LogP contribution >= 0.6 is 11.3 Å². The van der Waals surface area contributed by atoms with E-state index in [1.54, 1.807) is 0 Å². The molecular formula is C19H26N2O4S. The molecule has 1 heterocycles. The van der Waals surface area contributed by atoms with E-state index in [0.717, 1.165) is 32.1 Å². The van der Waals surface area contributed by atoms with Crippen LogP contribution in [0.1, 0.15) is 60.1 Å². The molecule has 2 aliphatic carbocycles. The Kier molecular flexibility index (Phi) is 5.37. The quantitative estimate of drug-likeness (QED) is 0.789. The molecule has 0 unspecified atom stereocenters. The Labute approximate surface area is 157 Å². The molecule has 0 aromatic carbocycles. The summed E-state index contributed by atoms with van der Waals surface area (Å²) in [6.45, 7) is 6.30. The van der Waals surface area contributed by atoms with Crippen molar-refractivity contribution in [1.82, 2.24) is 10.6 Å². The molecule has 0 saturated heterocycles. The van der Waals surface area contributed by atoms with Crippen molar-refractivity contribution < 1.29 is 19.1 Å². The van der Waals surface area contributed by atoms with E-state index in [9.17, 15) is 14.4 Å². The molecule has 2 N–H and O–H groups in total. The van der Waals surface area contributed by atoms with Crippen LogP contribution in [0.4, 0.5) is 4.79 Å². The highest BCUT2D eigenvalue weighted by atomic mass is 32.1. The van der Waals surface area contributed by atoms with Crippen LogP contribution in [0.3, 0.4) is 0 Å². The maximum Gasteiger partial charge on any atom is 0.348 e. The molecule has 7 heteroatoms. The lowest BCUT2D eigenvalue weighted by Crippen LogP contribution is -2.42. The largest absolute Gasteiger partial charge is 0.451 e. The first-order valence-electron chi connectivity index (χ1n) is 9.11. The van der Waals surface area contributed by atoms with Gasteiger partial charge < -0.3 is 10.1 Å². The molecule has 3 amide bonds. The van der Waals surface area contributed by atoms with Crippen LogP contribution in [-0.4, -0.2) is 30.6 Å². The van der Waals surface area contributed by atoms with Gasteiger partial charge in [0.1, 0.15) is 4.88 Å². The normalized spacial score (nSPS) is 19.4. The van der Waals surface area contributed by atoms with Gasteiger partial charge in [-0.3, -0.25) is 10.1 Å². The van der Waals surface area contributed by atoms with Gasteiger partial charge in [0.25, 0.3) is 5.91 Å². The highest BCUT2D eigenvalue weighted by Crippen LogP contribution is 2.40. The van der Waals surface area contributed by atoms with E-state index in [0.29, 0.717) is 10.8 Å². The van der Waals surface area contributed by atoms with E-state index in [1.807, 2.05) is 6.07 Å². The Bertz CT molecular complexity index is 716. The number of urea groups is 1. The summed E-state index contributed by atoms with van der Waals surface area (Å²) in [5.74, 6) is -0.524. The first-order valence-corrected chi connectivity index (χ1v) is 9.93. The Morgan fingerprint density at radius 3 is 2.62 bits per heavy atom. The number of rotatable bonds is 4. The van der Waals surface area contributed by atoms with Crippen LogP contribution in [0.5, 0.6) is 0 Å². The van der Waals surface area contributed by atoms with Gasteiger partial charge in [0.05, 0.1) is 0 Å². The second kappa shape index (κ2) is 7.39. The fourth-order valence-corrected chi connectivity index (χ4v) is 4.28. The number of esters is 1. The van der Waals surface area contributed by atoms with Crippen LogP contribution in [0.2, 0.25) is 0 Å². The molecule has 6 nitrogen and oxygen atoms in total. The fourth-order valence-electron chi connectivity index (χ4n) is 3.18. The van der Waals surface area contributed by atoms with Gasteiger partial charge in [-0.2, -0.15) is 0 Å². The number of carbonyl (C=O) groups excluding carboxylic acids is 3. The van der Waals surface area contributed by atoms with Crippen LogP contribution in [0.25, 0.3) is 0 Å². The highest BCUT2D eigenvalue weighted by molar-refractivity contribution is 7.14. The van der Waals surface area contributed by atoms with Crippen LogP contribution in [0, 0.1) is 11.3 Å². The van der Waals surface area contributed by atoms with E-state index in [2.05, 4.69) is 31.4 Å². The number of thiophene rings is 1. The number of nitrogens with one attached hydrogen (secondary N) is 2. The van der Waals surface area contributed by atoms with Gasteiger partial charge in [-0.25, -0.2) is 9.59 Å². The van der Waals surface area contributed by atoms with Gasteiger partial charge in [-0.05, 0) is 55.1 Å². The first kappa shape index (κ1) is 18.9. The monoisotopic (exact) mass is 378 g/mol. The zero-order valence-corrected chi connectivity index (χ0v) is 16.3. The molecule has 2 aliphatic rings. The third-order valence-electron chi connectivity index (χ3n) is 5.01. The number of imide groups is 1. The second-order valence-corrected chi connectivity index (χ2v) is 9.37. The van der Waals surface area contributed by atoms with Gasteiger partial charge >= 0.3 is 12.0 Å². The van der Waals surface area contributed by atoms with Crippen LogP contribution in [0.15, 0.2) is 6.07 Å². The number of hydrogen-bond acceptors (Lipinski definition) is 5. The van der Waals surface area contributed by atoms with E-state index in [4.69, 9.17) is 4.74 Å². The number of aryl methyl sites for hydroxylation is 1. The van der Waals surface area contributed by atoms with Crippen molar-refractivity contribution in [3.05, 3.63) is 21.4 Å². The average molecular weight is 378 g/mol. The Hall–Kier alpha value is -1.89. The maximum atomic E-state index is 12.2. The molecule has 1 fully saturated rings. The lowest BCUT2D eigenvalue weighted by Gasteiger charge is -2.33. The summed E-state index contributed by atoms with van der Waals surface area (Å²) in [5, 5.41) is 4.81. The highest BCUT2D eigenvalue weighted by Gasteiger charge is 2.30. The smallest absolute Gasteiger partial charge is 0.348 e. The van der Waals surface area contributed by atoms with Gasteiger partial charge in [-0.15, -0.1) is 11.3 Å². The van der Waals surface area contributed by atoms with Crippen molar-refractivity contribution in [3.63, 3.8) is 0 Å². The topological polar surface area (TPSA) is 84.5 Å². The summed E-state index contributed by atoms with van der Waals surface area (Å²) in [5.41, 5.74) is 1.47. The summed E-state index contributed by atoms with van der Waals surface area (Å²) < 4.78 is 5.06. The molecule has 0 radical (unpaired) electrons. The molecule has 0 bridgehead atoms. The second-order valence-electron chi connectivity index (χ2n) is 8.24. The lowest BCUT2D eigenvalue weighted by atomic mass is 9.72. The predicted molar refractivity (Wildman–Crippen MR) is 99.3 cm³/mol. The van der Waals surface area contributed by atoms with Crippen molar-refractivity contribution in [2.45, 2.75) is 58.9 Å². The van der Waals surface area contributed by atoms with E-state index >= 15 is 0 Å². The van der Waals surface area contributed by atoms with Crippen LogP contribution in [-0.2, 0) is 22.4 Å². The summed E-state index contributed by atoms with van der Waals surface area (Å²) in [6.07, 6.45) is 4.97. The minimum atomic E-state index is -0.620. The van der Waals surface area contributed by atoms with Gasteiger partial charge in [0.15, 0.2) is 6.61 Å². The number of hydrogen-bond donors (Lipinski definition) is 2. The van der Waals surface area contributed by atoms with E-state index in [-0.39, 0.29) is 11.5 Å². The third-order valence-corrected chi connectivity index (χ3v) is 6.23. The molecule has 142 valence electrons. The first-order chi connectivity index (χ1) is 12.2. The fraction of sp³-hybridized carbons (Fsp3) is 0.632. The molecule has 0 aliphatic heterocycles. The van der Waals surface area contributed by atoms with E-state index < -0.39 is 24.5 Å². The SMILES string of the molecule is CC(C)(C)[C@H]1CCc2sc(C(=O)OCC(=O)NC(=O)NC3CC3)cc2C1. The Balaban J connectivity index is 1.50. The molecule has 1 atom stereocenters. The maximum absolute atomic E-state index is 12.2. The molecule has 3 rings (SSSR count). The summed E-state index contributed by atoms with van der Waals surface area (Å²) >= 11 is 1.45. The van der Waals surface area contributed by atoms with Crippen molar-refractivity contribution in [2.24, 2.45) is 11.3 Å². The molecule has 26 heavy (non-hydrogen) atoms. The minimum absolute atomic E-state index is 0.166. The van der Waals surface area contributed by atoms with Gasteiger partial charge in [0, 0.05) is 10.9 Å². The summed E-state index contributed by atoms with van der Waals surface area (Å²) in [7, 11) is 0. The number of ether oxygens (including phenoxy) is 1. The zero-order valence-electron chi connectivity index (χ0n) is 15.5. The van der Waals surface area contributed by atoms with Crippen LogP contribution < -0.4 is 10.6 Å². The summed E-state index contributed by atoms with van der Waals surface area (Å²) in [6, 6.07) is 1.53. The predicted octanol–water partition coefficient (Wildman–Crippen LogP) is 3.04. The Morgan fingerprint density at radius 1 is 1.23 bits per heavy atom. The van der Waals surface area contributed by atoms with Crippen molar-refractivity contribution >= 4 is 29.2 Å².